The lowest BCUT2D eigenvalue weighted by Gasteiger charge is -2.25. The molecular formula is C14H16. The van der Waals surface area contributed by atoms with Crippen molar-refractivity contribution in [2.24, 2.45) is 5.92 Å². The van der Waals surface area contributed by atoms with Gasteiger partial charge in [0.25, 0.3) is 0 Å². The van der Waals surface area contributed by atoms with Gasteiger partial charge in [-0.15, -0.1) is 6.58 Å². The lowest BCUT2D eigenvalue weighted by Crippen LogP contribution is -2.10. The second-order valence-electron chi connectivity index (χ2n) is 3.78. The molecule has 0 aliphatic heterocycles. The third-order valence-corrected chi connectivity index (χ3v) is 3.05. The standard InChI is InChI=1S/C14H16/c1-3-11-9-10-12-7-5-6-8-14(12)13(11)4-2/h3-8,11H,1,9-10H2,2H3/b13-4+. The fraction of sp³-hybridized carbons (Fsp3) is 0.286. The molecule has 0 fully saturated rings. The fourth-order valence-corrected chi connectivity index (χ4v) is 2.30. The summed E-state index contributed by atoms with van der Waals surface area (Å²) in [5.74, 6) is 0.551. The maximum atomic E-state index is 3.91. The second-order valence-corrected chi connectivity index (χ2v) is 3.78. The molecule has 1 aliphatic rings. The van der Waals surface area contributed by atoms with Gasteiger partial charge in [0.2, 0.25) is 0 Å². The van der Waals surface area contributed by atoms with Crippen molar-refractivity contribution in [3.8, 4) is 0 Å². The first-order chi connectivity index (χ1) is 6.86. The quantitative estimate of drug-likeness (QED) is 0.582. The topological polar surface area (TPSA) is 0 Å². The predicted octanol–water partition coefficient (Wildman–Crippen LogP) is 3.84. The minimum atomic E-state index is 0.551. The molecule has 0 nitrogen and oxygen atoms in total. The molecule has 1 aliphatic carbocycles. The first kappa shape index (κ1) is 9.26. The highest BCUT2D eigenvalue weighted by molar-refractivity contribution is 5.72. The molecule has 0 saturated heterocycles. The molecular weight excluding hydrogens is 168 g/mol. The summed E-state index contributed by atoms with van der Waals surface area (Å²) in [5, 5.41) is 0. The van der Waals surface area contributed by atoms with Gasteiger partial charge < -0.3 is 0 Å². The number of aryl methyl sites for hydroxylation is 1. The molecule has 0 amide bonds. The van der Waals surface area contributed by atoms with Crippen LogP contribution in [-0.2, 0) is 6.42 Å². The molecule has 0 spiro atoms. The number of hydrogen-bond donors (Lipinski definition) is 0. The molecule has 1 aromatic carbocycles. The Balaban J connectivity index is 2.50. The van der Waals surface area contributed by atoms with Gasteiger partial charge in [0.05, 0.1) is 0 Å². The summed E-state index contributed by atoms with van der Waals surface area (Å²) in [6.45, 7) is 6.03. The highest BCUT2D eigenvalue weighted by Gasteiger charge is 2.19. The average molecular weight is 184 g/mol. The van der Waals surface area contributed by atoms with Gasteiger partial charge in [0.15, 0.2) is 0 Å². The third kappa shape index (κ3) is 1.41. The molecule has 0 aromatic heterocycles. The molecule has 0 saturated carbocycles. The molecule has 0 heterocycles. The van der Waals surface area contributed by atoms with E-state index < -0.39 is 0 Å². The van der Waals surface area contributed by atoms with Crippen LogP contribution in [0.1, 0.15) is 24.5 Å². The Morgan fingerprint density at radius 3 is 2.86 bits per heavy atom. The van der Waals surface area contributed by atoms with Gasteiger partial charge in [-0.05, 0) is 36.5 Å². The van der Waals surface area contributed by atoms with Crippen molar-refractivity contribution in [3.05, 3.63) is 54.1 Å². The van der Waals surface area contributed by atoms with Gasteiger partial charge in [-0.3, -0.25) is 0 Å². The second kappa shape index (κ2) is 3.83. The summed E-state index contributed by atoms with van der Waals surface area (Å²) >= 11 is 0. The van der Waals surface area contributed by atoms with E-state index in [1.165, 1.54) is 29.5 Å². The summed E-state index contributed by atoms with van der Waals surface area (Å²) in [7, 11) is 0. The average Bonchev–Trinajstić information content (AvgIpc) is 2.27. The zero-order valence-corrected chi connectivity index (χ0v) is 8.66. The van der Waals surface area contributed by atoms with Crippen LogP contribution in [0.4, 0.5) is 0 Å². The number of fused-ring (bicyclic) bond motifs is 1. The van der Waals surface area contributed by atoms with Crippen molar-refractivity contribution in [1.82, 2.24) is 0 Å². The zero-order chi connectivity index (χ0) is 9.97. The van der Waals surface area contributed by atoms with E-state index in [1.807, 2.05) is 0 Å². The molecule has 0 bridgehead atoms. The first-order valence-electron chi connectivity index (χ1n) is 5.24. The third-order valence-electron chi connectivity index (χ3n) is 3.05. The highest BCUT2D eigenvalue weighted by atomic mass is 14.2. The maximum Gasteiger partial charge on any atom is 0.00212 e. The van der Waals surface area contributed by atoms with Crippen LogP contribution in [0.2, 0.25) is 0 Å². The van der Waals surface area contributed by atoms with E-state index in [-0.39, 0.29) is 0 Å². The number of allylic oxidation sites excluding steroid dienone is 3. The van der Waals surface area contributed by atoms with E-state index in [2.05, 4.69) is 49.9 Å². The molecule has 0 radical (unpaired) electrons. The van der Waals surface area contributed by atoms with Crippen LogP contribution >= 0.6 is 0 Å². The van der Waals surface area contributed by atoms with Crippen LogP contribution in [0.25, 0.3) is 5.57 Å². The van der Waals surface area contributed by atoms with E-state index in [0.29, 0.717) is 5.92 Å². The van der Waals surface area contributed by atoms with Crippen molar-refractivity contribution in [3.63, 3.8) is 0 Å². The molecule has 0 N–H and O–H groups in total. The maximum absolute atomic E-state index is 3.91. The van der Waals surface area contributed by atoms with Crippen LogP contribution in [0.15, 0.2) is 43.0 Å². The number of rotatable bonds is 1. The van der Waals surface area contributed by atoms with Gasteiger partial charge in [0.1, 0.15) is 0 Å². The van der Waals surface area contributed by atoms with Crippen molar-refractivity contribution in [1.29, 1.82) is 0 Å². The molecule has 1 unspecified atom stereocenters. The van der Waals surface area contributed by atoms with E-state index in [9.17, 15) is 0 Å². The summed E-state index contributed by atoms with van der Waals surface area (Å²) in [6, 6.07) is 8.70. The van der Waals surface area contributed by atoms with E-state index in [1.54, 1.807) is 0 Å². The van der Waals surface area contributed by atoms with Gasteiger partial charge in [-0.1, -0.05) is 36.4 Å². The minimum Gasteiger partial charge on any atom is -0.102 e. The molecule has 1 aromatic rings. The molecule has 72 valence electrons. The fourth-order valence-electron chi connectivity index (χ4n) is 2.30. The Morgan fingerprint density at radius 2 is 2.14 bits per heavy atom. The van der Waals surface area contributed by atoms with E-state index >= 15 is 0 Å². The normalized spacial score (nSPS) is 23.2. The zero-order valence-electron chi connectivity index (χ0n) is 8.66. The van der Waals surface area contributed by atoms with Crippen LogP contribution < -0.4 is 0 Å². The number of hydrogen-bond acceptors (Lipinski definition) is 0. The molecule has 2 rings (SSSR count). The van der Waals surface area contributed by atoms with Crippen molar-refractivity contribution < 1.29 is 0 Å². The largest absolute Gasteiger partial charge is 0.102 e. The Morgan fingerprint density at radius 1 is 1.36 bits per heavy atom. The summed E-state index contributed by atoms with van der Waals surface area (Å²) in [6.07, 6.45) is 6.69. The monoisotopic (exact) mass is 184 g/mol. The van der Waals surface area contributed by atoms with E-state index in [0.717, 1.165) is 0 Å². The van der Waals surface area contributed by atoms with Gasteiger partial charge in [-0.2, -0.15) is 0 Å². The van der Waals surface area contributed by atoms with E-state index in [4.69, 9.17) is 0 Å². The van der Waals surface area contributed by atoms with Gasteiger partial charge >= 0.3 is 0 Å². The predicted molar refractivity (Wildman–Crippen MR) is 62.1 cm³/mol. The molecule has 0 heteroatoms. The first-order valence-corrected chi connectivity index (χ1v) is 5.24. The van der Waals surface area contributed by atoms with Crippen LogP contribution in [-0.4, -0.2) is 0 Å². The summed E-state index contributed by atoms with van der Waals surface area (Å²) in [5.41, 5.74) is 4.35. The van der Waals surface area contributed by atoms with Gasteiger partial charge in [0, 0.05) is 5.92 Å². The van der Waals surface area contributed by atoms with Gasteiger partial charge in [-0.25, -0.2) is 0 Å². The summed E-state index contributed by atoms with van der Waals surface area (Å²) in [4.78, 5) is 0. The Labute approximate surface area is 86.0 Å². The highest BCUT2D eigenvalue weighted by Crippen LogP contribution is 2.35. The SMILES string of the molecule is C=CC1CCc2ccccc2/C1=C/C. The van der Waals surface area contributed by atoms with Crippen LogP contribution in [0.5, 0.6) is 0 Å². The van der Waals surface area contributed by atoms with Crippen molar-refractivity contribution >= 4 is 5.57 Å². The molecule has 14 heavy (non-hydrogen) atoms. The molecule has 1 atom stereocenters. The Bertz CT molecular complexity index is 371. The van der Waals surface area contributed by atoms with Crippen molar-refractivity contribution in [2.75, 3.05) is 0 Å². The van der Waals surface area contributed by atoms with Crippen LogP contribution in [0.3, 0.4) is 0 Å². The van der Waals surface area contributed by atoms with Crippen LogP contribution in [0, 0.1) is 5.92 Å². The minimum absolute atomic E-state index is 0.551. The number of benzene rings is 1. The lowest BCUT2D eigenvalue weighted by molar-refractivity contribution is 0.699. The Hall–Kier alpha value is -1.30. The summed E-state index contributed by atoms with van der Waals surface area (Å²) < 4.78 is 0. The van der Waals surface area contributed by atoms with Crippen molar-refractivity contribution in [2.45, 2.75) is 19.8 Å². The Kier molecular flexibility index (Phi) is 2.53. The smallest absolute Gasteiger partial charge is 0.00212 e. The lowest BCUT2D eigenvalue weighted by atomic mass is 9.79.